The first-order valence-corrected chi connectivity index (χ1v) is 3.97. The molecule has 0 aliphatic rings. The summed E-state index contributed by atoms with van der Waals surface area (Å²) in [6.45, 7) is 7.66. The highest BCUT2D eigenvalue weighted by molar-refractivity contribution is 5.14. The van der Waals surface area contributed by atoms with Gasteiger partial charge in [0.2, 0.25) is 0 Å². The zero-order valence-electron chi connectivity index (χ0n) is 7.89. The molecule has 0 aromatic heterocycles. The molecular formula is C10H18O. The highest BCUT2D eigenvalue weighted by atomic mass is 16.3. The van der Waals surface area contributed by atoms with Crippen LogP contribution in [0.2, 0.25) is 0 Å². The van der Waals surface area contributed by atoms with E-state index in [0.717, 1.165) is 0 Å². The van der Waals surface area contributed by atoms with Crippen molar-refractivity contribution in [2.75, 3.05) is 0 Å². The van der Waals surface area contributed by atoms with Crippen LogP contribution in [0.4, 0.5) is 0 Å². The Kier molecular flexibility index (Phi) is 4.12. The fraction of sp³-hybridized carbons (Fsp3) is 0.600. The summed E-state index contributed by atoms with van der Waals surface area (Å²) in [6, 6.07) is 0. The molecule has 0 atom stereocenters. The SMILES string of the molecule is C/C=C(C)/C=C\CC(C)(C)O. The Morgan fingerprint density at radius 1 is 1.45 bits per heavy atom. The molecule has 0 aromatic rings. The summed E-state index contributed by atoms with van der Waals surface area (Å²) in [4.78, 5) is 0. The van der Waals surface area contributed by atoms with Gasteiger partial charge in [0.15, 0.2) is 0 Å². The summed E-state index contributed by atoms with van der Waals surface area (Å²) in [7, 11) is 0. The molecule has 64 valence electrons. The Morgan fingerprint density at radius 3 is 2.36 bits per heavy atom. The molecule has 0 spiro atoms. The highest BCUT2D eigenvalue weighted by Crippen LogP contribution is 2.08. The zero-order valence-corrected chi connectivity index (χ0v) is 7.89. The van der Waals surface area contributed by atoms with Crippen molar-refractivity contribution in [3.05, 3.63) is 23.8 Å². The molecule has 0 rings (SSSR count). The lowest BCUT2D eigenvalue weighted by Crippen LogP contribution is -2.16. The van der Waals surface area contributed by atoms with Crippen LogP contribution in [-0.4, -0.2) is 10.7 Å². The van der Waals surface area contributed by atoms with Crippen LogP contribution in [-0.2, 0) is 0 Å². The molecule has 11 heavy (non-hydrogen) atoms. The quantitative estimate of drug-likeness (QED) is 0.620. The maximum Gasteiger partial charge on any atom is 0.0626 e. The third-order valence-electron chi connectivity index (χ3n) is 1.45. The summed E-state index contributed by atoms with van der Waals surface area (Å²) in [5.41, 5.74) is 0.652. The summed E-state index contributed by atoms with van der Waals surface area (Å²) >= 11 is 0. The summed E-state index contributed by atoms with van der Waals surface area (Å²) in [5, 5.41) is 9.33. The molecule has 0 aliphatic carbocycles. The Balaban J connectivity index is 3.79. The second kappa shape index (κ2) is 4.35. The predicted octanol–water partition coefficient (Wildman–Crippen LogP) is 2.67. The average molecular weight is 154 g/mol. The van der Waals surface area contributed by atoms with Crippen molar-refractivity contribution >= 4 is 0 Å². The van der Waals surface area contributed by atoms with Gasteiger partial charge in [0, 0.05) is 0 Å². The standard InChI is InChI=1S/C10H18O/c1-5-9(2)7-6-8-10(3,4)11/h5-7,11H,8H2,1-4H3/b7-6-,9-5+. The molecule has 0 radical (unpaired) electrons. The van der Waals surface area contributed by atoms with Gasteiger partial charge in [0.1, 0.15) is 0 Å². The van der Waals surface area contributed by atoms with Gasteiger partial charge in [-0.3, -0.25) is 0 Å². The van der Waals surface area contributed by atoms with Gasteiger partial charge in [0.05, 0.1) is 5.60 Å². The van der Waals surface area contributed by atoms with E-state index in [1.807, 2.05) is 45.9 Å². The van der Waals surface area contributed by atoms with E-state index in [4.69, 9.17) is 0 Å². The molecule has 0 heterocycles. The van der Waals surface area contributed by atoms with E-state index in [0.29, 0.717) is 6.42 Å². The average Bonchev–Trinajstić information content (AvgIpc) is 1.85. The number of aliphatic hydroxyl groups is 1. The minimum atomic E-state index is -0.579. The molecule has 0 bridgehead atoms. The first kappa shape index (κ1) is 10.4. The molecule has 0 aliphatic heterocycles. The second-order valence-electron chi connectivity index (χ2n) is 3.45. The van der Waals surface area contributed by atoms with E-state index in [-0.39, 0.29) is 0 Å². The van der Waals surface area contributed by atoms with Crippen molar-refractivity contribution < 1.29 is 5.11 Å². The van der Waals surface area contributed by atoms with Gasteiger partial charge in [-0.2, -0.15) is 0 Å². The van der Waals surface area contributed by atoms with Crippen molar-refractivity contribution in [3.8, 4) is 0 Å². The molecule has 1 N–H and O–H groups in total. The summed E-state index contributed by atoms with van der Waals surface area (Å²) in [6.07, 6.45) is 6.77. The van der Waals surface area contributed by atoms with Gasteiger partial charge in [0.25, 0.3) is 0 Å². The molecular weight excluding hydrogens is 136 g/mol. The van der Waals surface area contributed by atoms with E-state index in [9.17, 15) is 5.11 Å². The maximum absolute atomic E-state index is 9.33. The van der Waals surface area contributed by atoms with Crippen molar-refractivity contribution in [2.24, 2.45) is 0 Å². The summed E-state index contributed by atoms with van der Waals surface area (Å²) in [5.74, 6) is 0. The molecule has 1 nitrogen and oxygen atoms in total. The van der Waals surface area contributed by atoms with Crippen LogP contribution in [0.5, 0.6) is 0 Å². The molecule has 0 unspecified atom stereocenters. The fourth-order valence-corrected chi connectivity index (χ4v) is 0.629. The molecule has 0 amide bonds. The van der Waals surface area contributed by atoms with Crippen molar-refractivity contribution in [3.63, 3.8) is 0 Å². The van der Waals surface area contributed by atoms with Crippen LogP contribution in [0, 0.1) is 0 Å². The van der Waals surface area contributed by atoms with Crippen molar-refractivity contribution in [2.45, 2.75) is 39.7 Å². The Labute approximate surface area is 69.4 Å². The van der Waals surface area contributed by atoms with Crippen LogP contribution in [0.15, 0.2) is 23.8 Å². The number of hydrogen-bond acceptors (Lipinski definition) is 1. The number of hydrogen-bond donors (Lipinski definition) is 1. The maximum atomic E-state index is 9.33. The van der Waals surface area contributed by atoms with Crippen LogP contribution >= 0.6 is 0 Å². The van der Waals surface area contributed by atoms with E-state index in [1.165, 1.54) is 5.57 Å². The number of allylic oxidation sites excluding steroid dienone is 3. The van der Waals surface area contributed by atoms with Crippen LogP contribution < -0.4 is 0 Å². The normalized spacial score (nSPS) is 14.5. The van der Waals surface area contributed by atoms with Gasteiger partial charge in [-0.05, 0) is 34.1 Å². The molecule has 0 aromatic carbocycles. The van der Waals surface area contributed by atoms with E-state index in [1.54, 1.807) is 0 Å². The lowest BCUT2D eigenvalue weighted by atomic mass is 10.1. The van der Waals surface area contributed by atoms with Crippen molar-refractivity contribution in [1.82, 2.24) is 0 Å². The predicted molar refractivity (Wildman–Crippen MR) is 49.5 cm³/mol. The zero-order chi connectivity index (χ0) is 8.91. The Bertz CT molecular complexity index is 158. The highest BCUT2D eigenvalue weighted by Gasteiger charge is 2.08. The first-order valence-electron chi connectivity index (χ1n) is 3.97. The molecule has 0 fully saturated rings. The van der Waals surface area contributed by atoms with Crippen molar-refractivity contribution in [1.29, 1.82) is 0 Å². The topological polar surface area (TPSA) is 20.2 Å². The lowest BCUT2D eigenvalue weighted by Gasteiger charge is -2.13. The summed E-state index contributed by atoms with van der Waals surface area (Å²) < 4.78 is 0. The third kappa shape index (κ3) is 7.34. The Hall–Kier alpha value is -0.560. The smallest absolute Gasteiger partial charge is 0.0626 e. The minimum absolute atomic E-state index is 0.579. The van der Waals surface area contributed by atoms with E-state index < -0.39 is 5.60 Å². The van der Waals surface area contributed by atoms with Gasteiger partial charge in [-0.25, -0.2) is 0 Å². The lowest BCUT2D eigenvalue weighted by molar-refractivity contribution is 0.0839. The van der Waals surface area contributed by atoms with Crippen LogP contribution in [0.3, 0.4) is 0 Å². The molecule has 0 saturated carbocycles. The van der Waals surface area contributed by atoms with Crippen LogP contribution in [0.1, 0.15) is 34.1 Å². The molecule has 0 saturated heterocycles. The van der Waals surface area contributed by atoms with Gasteiger partial charge < -0.3 is 5.11 Å². The second-order valence-corrected chi connectivity index (χ2v) is 3.45. The molecule has 1 heteroatoms. The number of rotatable bonds is 3. The third-order valence-corrected chi connectivity index (χ3v) is 1.45. The van der Waals surface area contributed by atoms with Gasteiger partial charge in [-0.15, -0.1) is 0 Å². The Morgan fingerprint density at radius 2 is 2.00 bits per heavy atom. The van der Waals surface area contributed by atoms with Crippen LogP contribution in [0.25, 0.3) is 0 Å². The van der Waals surface area contributed by atoms with Gasteiger partial charge in [-0.1, -0.05) is 23.8 Å². The first-order chi connectivity index (χ1) is 4.95. The fourth-order valence-electron chi connectivity index (χ4n) is 0.629. The largest absolute Gasteiger partial charge is 0.390 e. The van der Waals surface area contributed by atoms with Gasteiger partial charge >= 0.3 is 0 Å². The monoisotopic (exact) mass is 154 g/mol. The minimum Gasteiger partial charge on any atom is -0.390 e. The van der Waals surface area contributed by atoms with E-state index in [2.05, 4.69) is 0 Å². The van der Waals surface area contributed by atoms with E-state index >= 15 is 0 Å².